The molecule has 1 heterocycles. The van der Waals surface area contributed by atoms with Gasteiger partial charge in [-0.1, -0.05) is 0 Å². The Morgan fingerprint density at radius 3 is 2.44 bits per heavy atom. The molecule has 5 nitrogen and oxygen atoms in total. The van der Waals surface area contributed by atoms with Gasteiger partial charge in [0.15, 0.2) is 26.1 Å². The van der Waals surface area contributed by atoms with Gasteiger partial charge in [0.1, 0.15) is 13.2 Å². The topological polar surface area (TPSA) is 76.4 Å². The van der Waals surface area contributed by atoms with E-state index in [9.17, 15) is 8.42 Å². The van der Waals surface area contributed by atoms with Crippen molar-refractivity contribution in [3.8, 4) is 17.6 Å². The Morgan fingerprint density at radius 1 is 1.17 bits per heavy atom. The summed E-state index contributed by atoms with van der Waals surface area (Å²) >= 11 is 0. The van der Waals surface area contributed by atoms with E-state index in [0.29, 0.717) is 37.6 Å². The van der Waals surface area contributed by atoms with Crippen LogP contribution in [0.25, 0.3) is 0 Å². The minimum absolute atomic E-state index is 0.130. The van der Waals surface area contributed by atoms with Gasteiger partial charge in [0.25, 0.3) is 0 Å². The van der Waals surface area contributed by atoms with Crippen LogP contribution in [0.1, 0.15) is 12.8 Å². The van der Waals surface area contributed by atoms with Crippen molar-refractivity contribution in [2.45, 2.75) is 22.5 Å². The first-order valence-electron chi connectivity index (χ1n) is 5.65. The first-order chi connectivity index (χ1) is 8.59. The molecule has 18 heavy (non-hydrogen) atoms. The van der Waals surface area contributed by atoms with Crippen LogP contribution in [-0.4, -0.2) is 26.4 Å². The number of hydrogen-bond acceptors (Lipinski definition) is 5. The van der Waals surface area contributed by atoms with Crippen LogP contribution in [0, 0.1) is 11.3 Å². The monoisotopic (exact) mass is 265 g/mol. The summed E-state index contributed by atoms with van der Waals surface area (Å²) in [5.74, 6) is 0.970. The number of hydrogen-bond donors (Lipinski definition) is 0. The van der Waals surface area contributed by atoms with Gasteiger partial charge in [-0.2, -0.15) is 5.26 Å². The molecular formula is C12H11NO4S. The summed E-state index contributed by atoms with van der Waals surface area (Å²) in [6.07, 6.45) is 0.806. The third-order valence-corrected chi connectivity index (χ3v) is 5.65. The molecule has 1 aliphatic carbocycles. The summed E-state index contributed by atoms with van der Waals surface area (Å²) in [5, 5.41) is 9.01. The zero-order valence-electron chi connectivity index (χ0n) is 9.55. The maximum atomic E-state index is 12.3. The molecule has 3 rings (SSSR count). The molecule has 1 fully saturated rings. The molecule has 94 valence electrons. The van der Waals surface area contributed by atoms with E-state index >= 15 is 0 Å². The number of fused-ring (bicyclic) bond motifs is 1. The Balaban J connectivity index is 2.06. The van der Waals surface area contributed by atoms with E-state index in [1.807, 2.05) is 6.07 Å². The molecule has 1 saturated carbocycles. The maximum absolute atomic E-state index is 12.3. The van der Waals surface area contributed by atoms with Gasteiger partial charge in [0.2, 0.25) is 0 Å². The van der Waals surface area contributed by atoms with Gasteiger partial charge < -0.3 is 9.47 Å². The summed E-state index contributed by atoms with van der Waals surface area (Å²) < 4.78 is 34.1. The van der Waals surface area contributed by atoms with Crippen molar-refractivity contribution in [1.82, 2.24) is 0 Å². The lowest BCUT2D eigenvalue weighted by Gasteiger charge is -2.19. The largest absolute Gasteiger partial charge is 0.486 e. The number of rotatable bonds is 2. The normalized spacial score (nSPS) is 19.9. The fourth-order valence-corrected chi connectivity index (χ4v) is 3.69. The lowest BCUT2D eigenvalue weighted by Crippen LogP contribution is -2.22. The number of nitriles is 1. The van der Waals surface area contributed by atoms with Crippen LogP contribution in [0.2, 0.25) is 0 Å². The molecule has 1 aromatic rings. The fourth-order valence-electron chi connectivity index (χ4n) is 1.97. The number of sulfone groups is 1. The van der Waals surface area contributed by atoms with Crippen molar-refractivity contribution < 1.29 is 17.9 Å². The molecule has 0 bridgehead atoms. The van der Waals surface area contributed by atoms with E-state index < -0.39 is 14.6 Å². The molecule has 1 aromatic carbocycles. The summed E-state index contributed by atoms with van der Waals surface area (Å²) in [6.45, 7) is 0.862. The highest BCUT2D eigenvalue weighted by atomic mass is 32.2. The lowest BCUT2D eigenvalue weighted by atomic mass is 10.3. The van der Waals surface area contributed by atoms with E-state index in [4.69, 9.17) is 14.7 Å². The van der Waals surface area contributed by atoms with E-state index in [0.717, 1.165) is 0 Å². The maximum Gasteiger partial charge on any atom is 0.197 e. The van der Waals surface area contributed by atoms with Gasteiger partial charge in [0.05, 0.1) is 11.0 Å². The van der Waals surface area contributed by atoms with E-state index in [1.54, 1.807) is 6.07 Å². The summed E-state index contributed by atoms with van der Waals surface area (Å²) in [5.41, 5.74) is 0. The lowest BCUT2D eigenvalue weighted by molar-refractivity contribution is 0.171. The van der Waals surface area contributed by atoms with Crippen molar-refractivity contribution in [3.05, 3.63) is 18.2 Å². The summed E-state index contributed by atoms with van der Waals surface area (Å²) in [4.78, 5) is 0.130. The molecule has 0 amide bonds. The third-order valence-electron chi connectivity index (χ3n) is 3.25. The molecule has 0 saturated heterocycles. The van der Waals surface area contributed by atoms with E-state index in [-0.39, 0.29) is 4.90 Å². The Kier molecular flexibility index (Phi) is 2.29. The molecule has 1 aliphatic heterocycles. The number of benzene rings is 1. The van der Waals surface area contributed by atoms with Gasteiger partial charge in [-0.3, -0.25) is 0 Å². The summed E-state index contributed by atoms with van der Waals surface area (Å²) in [6, 6.07) is 6.41. The highest BCUT2D eigenvalue weighted by molar-refractivity contribution is 7.93. The van der Waals surface area contributed by atoms with Gasteiger partial charge in [-0.25, -0.2) is 8.42 Å². The number of ether oxygens (including phenoxy) is 2. The number of nitrogens with zero attached hydrogens (tertiary/aromatic N) is 1. The van der Waals surface area contributed by atoms with E-state index in [1.165, 1.54) is 12.1 Å². The van der Waals surface area contributed by atoms with Crippen molar-refractivity contribution in [1.29, 1.82) is 5.26 Å². The van der Waals surface area contributed by atoms with Gasteiger partial charge in [-0.15, -0.1) is 0 Å². The SMILES string of the molecule is N#CC1(S(=O)(=O)c2ccc3c(c2)OCCO3)CC1. The Hall–Kier alpha value is -1.74. The highest BCUT2D eigenvalue weighted by Gasteiger charge is 2.56. The van der Waals surface area contributed by atoms with Gasteiger partial charge in [-0.05, 0) is 25.0 Å². The molecule has 6 heteroatoms. The van der Waals surface area contributed by atoms with Crippen LogP contribution >= 0.6 is 0 Å². The van der Waals surface area contributed by atoms with Crippen molar-refractivity contribution >= 4 is 9.84 Å². The van der Waals surface area contributed by atoms with Crippen molar-refractivity contribution in [2.75, 3.05) is 13.2 Å². The molecule has 0 N–H and O–H groups in total. The smallest absolute Gasteiger partial charge is 0.197 e. The zero-order valence-corrected chi connectivity index (χ0v) is 10.4. The first kappa shape index (κ1) is 11.4. The van der Waals surface area contributed by atoms with Crippen molar-refractivity contribution in [3.63, 3.8) is 0 Å². The zero-order chi connectivity index (χ0) is 12.8. The molecule has 0 unspecified atom stereocenters. The second-order valence-corrected chi connectivity index (χ2v) is 6.67. The average Bonchev–Trinajstić information content (AvgIpc) is 3.19. The highest BCUT2D eigenvalue weighted by Crippen LogP contribution is 2.47. The Bertz CT molecular complexity index is 641. The van der Waals surface area contributed by atoms with Crippen molar-refractivity contribution in [2.24, 2.45) is 0 Å². The van der Waals surface area contributed by atoms with Crippen LogP contribution in [0.4, 0.5) is 0 Å². The fraction of sp³-hybridized carbons (Fsp3) is 0.417. The van der Waals surface area contributed by atoms with Crippen LogP contribution in [0.3, 0.4) is 0 Å². The average molecular weight is 265 g/mol. The molecule has 0 atom stereocenters. The molecule has 0 spiro atoms. The van der Waals surface area contributed by atoms with Crippen LogP contribution < -0.4 is 9.47 Å². The molecule has 0 aromatic heterocycles. The van der Waals surface area contributed by atoms with Crippen LogP contribution in [0.15, 0.2) is 23.1 Å². The second kappa shape index (κ2) is 3.62. The third kappa shape index (κ3) is 1.47. The predicted octanol–water partition coefficient (Wildman–Crippen LogP) is 1.29. The molecular weight excluding hydrogens is 254 g/mol. The summed E-state index contributed by atoms with van der Waals surface area (Å²) in [7, 11) is -3.61. The minimum Gasteiger partial charge on any atom is -0.486 e. The van der Waals surface area contributed by atoms with E-state index in [2.05, 4.69) is 0 Å². The van der Waals surface area contributed by atoms with Crippen LogP contribution in [-0.2, 0) is 9.84 Å². The van der Waals surface area contributed by atoms with Crippen LogP contribution in [0.5, 0.6) is 11.5 Å². The quantitative estimate of drug-likeness (QED) is 0.805. The molecule has 2 aliphatic rings. The Labute approximate surface area is 105 Å². The minimum atomic E-state index is -3.61. The standard InChI is InChI=1S/C12H11NO4S/c13-8-12(3-4-12)18(14,15)9-1-2-10-11(7-9)17-6-5-16-10/h1-2,7H,3-6H2. The first-order valence-corrected chi connectivity index (χ1v) is 7.13. The van der Waals surface area contributed by atoms with Gasteiger partial charge >= 0.3 is 0 Å². The molecule has 0 radical (unpaired) electrons. The second-order valence-electron chi connectivity index (χ2n) is 4.41. The predicted molar refractivity (Wildman–Crippen MR) is 62.2 cm³/mol. The Morgan fingerprint density at radius 2 is 1.83 bits per heavy atom. The van der Waals surface area contributed by atoms with Gasteiger partial charge in [0, 0.05) is 6.07 Å².